The Kier molecular flexibility index (Phi) is 5.83. The quantitative estimate of drug-likeness (QED) is 0.423. The van der Waals surface area contributed by atoms with Crippen molar-refractivity contribution in [3.8, 4) is 0 Å². The van der Waals surface area contributed by atoms with Crippen LogP contribution in [-0.4, -0.2) is 44.3 Å². The van der Waals surface area contributed by atoms with Gasteiger partial charge in [-0.1, -0.05) is 42.5 Å². The van der Waals surface area contributed by atoms with E-state index in [0.29, 0.717) is 16.7 Å². The predicted octanol–water partition coefficient (Wildman–Crippen LogP) is 3.66. The molecule has 31 heavy (non-hydrogen) atoms. The number of hydrogen-bond acceptors (Lipinski definition) is 4. The van der Waals surface area contributed by atoms with E-state index in [-0.39, 0.29) is 11.1 Å². The maximum atomic E-state index is 11.6. The molecule has 3 aromatic carbocycles. The van der Waals surface area contributed by atoms with E-state index >= 15 is 0 Å². The van der Waals surface area contributed by atoms with Gasteiger partial charge in [0.2, 0.25) is 0 Å². The molecule has 0 aliphatic heterocycles. The van der Waals surface area contributed by atoms with Gasteiger partial charge in [0.1, 0.15) is 0 Å². The van der Waals surface area contributed by atoms with Crippen molar-refractivity contribution in [1.29, 1.82) is 0 Å². The minimum absolute atomic E-state index is 0.379. The predicted molar refractivity (Wildman–Crippen MR) is 108 cm³/mol. The molecule has 0 saturated carbocycles. The summed E-state index contributed by atoms with van der Waals surface area (Å²) < 4.78 is 0. The number of carbonyl (C=O) groups is 4. The van der Waals surface area contributed by atoms with Gasteiger partial charge in [-0.05, 0) is 41.0 Å². The molecule has 0 bridgehead atoms. The fourth-order valence-corrected chi connectivity index (χ4v) is 3.43. The molecule has 8 nitrogen and oxygen atoms in total. The molecule has 8 heteroatoms. The number of benzene rings is 3. The summed E-state index contributed by atoms with van der Waals surface area (Å²) in [7, 11) is 0. The molecule has 4 N–H and O–H groups in total. The van der Waals surface area contributed by atoms with E-state index in [1.165, 1.54) is 36.4 Å². The topological polar surface area (TPSA) is 149 Å². The standard InChI is InChI=1S/C23H16O8/c24-20(25)15-8-6-13(10-17(15)22(28)29)19(12-4-2-1-3-5-12)14-7-9-16(21(26)27)18(11-14)23(30)31/h1-11,19H,(H,24,25)(H,26,27)(H,28,29)(H,30,31). The second kappa shape index (κ2) is 8.50. The van der Waals surface area contributed by atoms with Crippen LogP contribution in [-0.2, 0) is 0 Å². The van der Waals surface area contributed by atoms with Gasteiger partial charge in [-0.25, -0.2) is 19.2 Å². The van der Waals surface area contributed by atoms with Crippen molar-refractivity contribution < 1.29 is 39.6 Å². The lowest BCUT2D eigenvalue weighted by Gasteiger charge is -2.21. The fraction of sp³-hybridized carbons (Fsp3) is 0.0435. The summed E-state index contributed by atoms with van der Waals surface area (Å²) in [6, 6.07) is 16.5. The largest absolute Gasteiger partial charge is 0.478 e. The molecule has 156 valence electrons. The maximum Gasteiger partial charge on any atom is 0.336 e. The lowest BCUT2D eigenvalue weighted by Crippen LogP contribution is -2.13. The molecule has 0 aliphatic rings. The van der Waals surface area contributed by atoms with Gasteiger partial charge in [0, 0.05) is 5.92 Å². The highest BCUT2D eigenvalue weighted by Crippen LogP contribution is 2.34. The summed E-state index contributed by atoms with van der Waals surface area (Å²) >= 11 is 0. The normalized spacial score (nSPS) is 10.6. The molecule has 3 rings (SSSR count). The minimum atomic E-state index is -1.42. The van der Waals surface area contributed by atoms with Gasteiger partial charge in [0.25, 0.3) is 0 Å². The SMILES string of the molecule is O=C(O)c1ccc(C(c2ccccc2)c2ccc(C(=O)O)c(C(=O)O)c2)cc1C(=O)O. The van der Waals surface area contributed by atoms with Crippen molar-refractivity contribution in [3.05, 3.63) is 106 Å². The Balaban J connectivity index is 2.27. The molecule has 0 aromatic heterocycles. The summed E-state index contributed by atoms with van der Waals surface area (Å²) in [5, 5.41) is 37.5. The van der Waals surface area contributed by atoms with Gasteiger partial charge in [-0.3, -0.25) is 0 Å². The number of hydrogen-bond donors (Lipinski definition) is 4. The summed E-state index contributed by atoms with van der Waals surface area (Å²) in [4.78, 5) is 46.0. The van der Waals surface area contributed by atoms with Crippen LogP contribution >= 0.6 is 0 Å². The Morgan fingerprint density at radius 1 is 0.484 bits per heavy atom. The van der Waals surface area contributed by atoms with E-state index in [2.05, 4.69) is 0 Å². The van der Waals surface area contributed by atoms with Crippen molar-refractivity contribution in [2.24, 2.45) is 0 Å². The van der Waals surface area contributed by atoms with E-state index in [1.54, 1.807) is 30.3 Å². The van der Waals surface area contributed by atoms with Crippen LogP contribution in [0.4, 0.5) is 0 Å². The van der Waals surface area contributed by atoms with E-state index in [1.807, 2.05) is 0 Å². The highest BCUT2D eigenvalue weighted by Gasteiger charge is 2.24. The van der Waals surface area contributed by atoms with E-state index in [9.17, 15) is 39.6 Å². The van der Waals surface area contributed by atoms with Crippen molar-refractivity contribution in [2.75, 3.05) is 0 Å². The monoisotopic (exact) mass is 420 g/mol. The van der Waals surface area contributed by atoms with Crippen LogP contribution in [0.1, 0.15) is 64.0 Å². The Labute approximate surface area is 175 Å². The smallest absolute Gasteiger partial charge is 0.336 e. The van der Waals surface area contributed by atoms with Crippen molar-refractivity contribution in [1.82, 2.24) is 0 Å². The highest BCUT2D eigenvalue weighted by atomic mass is 16.4. The molecule has 0 atom stereocenters. The Hall–Kier alpha value is -4.46. The molecule has 0 spiro atoms. The molecular formula is C23H16O8. The van der Waals surface area contributed by atoms with Gasteiger partial charge in [0.05, 0.1) is 22.3 Å². The third-order valence-corrected chi connectivity index (χ3v) is 4.81. The molecule has 3 aromatic rings. The lowest BCUT2D eigenvalue weighted by molar-refractivity contribution is 0.0651. The second-order valence-corrected chi connectivity index (χ2v) is 6.67. The van der Waals surface area contributed by atoms with Crippen LogP contribution in [0.15, 0.2) is 66.7 Å². The van der Waals surface area contributed by atoms with E-state index in [0.717, 1.165) is 0 Å². The lowest BCUT2D eigenvalue weighted by atomic mass is 9.82. The summed E-state index contributed by atoms with van der Waals surface area (Å²) in [5.74, 6) is -6.28. The minimum Gasteiger partial charge on any atom is -0.478 e. The zero-order chi connectivity index (χ0) is 22.7. The van der Waals surface area contributed by atoms with Crippen molar-refractivity contribution in [3.63, 3.8) is 0 Å². The van der Waals surface area contributed by atoms with Crippen LogP contribution in [0, 0.1) is 0 Å². The zero-order valence-corrected chi connectivity index (χ0v) is 15.9. The van der Waals surface area contributed by atoms with Gasteiger partial charge in [-0.15, -0.1) is 0 Å². The molecule has 0 saturated heterocycles. The fourth-order valence-electron chi connectivity index (χ4n) is 3.43. The number of carboxylic acid groups (broad SMARTS) is 4. The van der Waals surface area contributed by atoms with Gasteiger partial charge >= 0.3 is 23.9 Å². The third-order valence-electron chi connectivity index (χ3n) is 4.81. The molecule has 0 amide bonds. The average Bonchev–Trinajstić information content (AvgIpc) is 2.74. The molecule has 0 radical (unpaired) electrons. The van der Waals surface area contributed by atoms with Crippen LogP contribution in [0.5, 0.6) is 0 Å². The molecule has 0 heterocycles. The summed E-state index contributed by atoms with van der Waals surface area (Å²) in [6.45, 7) is 0. The average molecular weight is 420 g/mol. The molecular weight excluding hydrogens is 404 g/mol. The number of aromatic carboxylic acids is 4. The van der Waals surface area contributed by atoms with Crippen LogP contribution in [0.25, 0.3) is 0 Å². The first-order valence-corrected chi connectivity index (χ1v) is 8.96. The second-order valence-electron chi connectivity index (χ2n) is 6.67. The Bertz CT molecular complexity index is 1120. The van der Waals surface area contributed by atoms with Crippen LogP contribution < -0.4 is 0 Å². The van der Waals surface area contributed by atoms with Gasteiger partial charge in [-0.2, -0.15) is 0 Å². The van der Waals surface area contributed by atoms with Crippen LogP contribution in [0.3, 0.4) is 0 Å². The first-order valence-electron chi connectivity index (χ1n) is 8.96. The Morgan fingerprint density at radius 2 is 0.871 bits per heavy atom. The molecule has 0 unspecified atom stereocenters. The first-order chi connectivity index (χ1) is 14.7. The van der Waals surface area contributed by atoms with Crippen LogP contribution in [0.2, 0.25) is 0 Å². The third kappa shape index (κ3) is 4.27. The van der Waals surface area contributed by atoms with Crippen molar-refractivity contribution in [2.45, 2.75) is 5.92 Å². The number of carboxylic acids is 4. The maximum absolute atomic E-state index is 11.6. The summed E-state index contributed by atoms with van der Waals surface area (Å²) in [6.07, 6.45) is 0. The molecule has 0 fully saturated rings. The van der Waals surface area contributed by atoms with E-state index < -0.39 is 40.9 Å². The first kappa shape index (κ1) is 21.3. The molecule has 0 aliphatic carbocycles. The van der Waals surface area contributed by atoms with Gasteiger partial charge in [0.15, 0.2) is 0 Å². The number of rotatable bonds is 7. The van der Waals surface area contributed by atoms with Crippen molar-refractivity contribution >= 4 is 23.9 Å². The van der Waals surface area contributed by atoms with E-state index in [4.69, 9.17) is 0 Å². The highest BCUT2D eigenvalue weighted by molar-refractivity contribution is 6.02. The van der Waals surface area contributed by atoms with Gasteiger partial charge < -0.3 is 20.4 Å². The summed E-state index contributed by atoms with van der Waals surface area (Å²) in [5.41, 5.74) is -0.0773. The Morgan fingerprint density at radius 3 is 1.23 bits per heavy atom. The zero-order valence-electron chi connectivity index (χ0n) is 15.9.